The van der Waals surface area contributed by atoms with Crippen LogP contribution in [0.4, 0.5) is 5.82 Å². The number of pyridine rings is 1. The van der Waals surface area contributed by atoms with Crippen molar-refractivity contribution < 1.29 is 14.3 Å². The molecule has 1 unspecified atom stereocenters. The number of halogens is 1. The fourth-order valence-corrected chi connectivity index (χ4v) is 3.72. The third-order valence-electron chi connectivity index (χ3n) is 4.80. The Morgan fingerprint density at radius 1 is 1.40 bits per heavy atom. The Kier molecular flexibility index (Phi) is 6.51. The van der Waals surface area contributed by atoms with Crippen molar-refractivity contribution in [3.63, 3.8) is 0 Å². The van der Waals surface area contributed by atoms with Crippen LogP contribution < -0.4 is 4.90 Å². The molecule has 2 fully saturated rings. The van der Waals surface area contributed by atoms with E-state index in [1.165, 1.54) is 6.42 Å². The van der Waals surface area contributed by atoms with Gasteiger partial charge < -0.3 is 14.4 Å². The van der Waals surface area contributed by atoms with Crippen molar-refractivity contribution in [3.8, 4) is 0 Å². The number of hydrogen-bond donors (Lipinski definition) is 0. The van der Waals surface area contributed by atoms with Crippen molar-refractivity contribution >= 4 is 23.4 Å². The van der Waals surface area contributed by atoms with Crippen LogP contribution in [0, 0.1) is 5.92 Å². The van der Waals surface area contributed by atoms with Crippen LogP contribution in [0.2, 0.25) is 5.02 Å². The molecule has 1 atom stereocenters. The van der Waals surface area contributed by atoms with Gasteiger partial charge in [-0.15, -0.1) is 0 Å². The van der Waals surface area contributed by atoms with E-state index in [9.17, 15) is 4.79 Å². The first-order chi connectivity index (χ1) is 12.2. The summed E-state index contributed by atoms with van der Waals surface area (Å²) in [7, 11) is 0. The molecule has 0 bridgehead atoms. The highest BCUT2D eigenvalue weighted by Crippen LogP contribution is 2.26. The second kappa shape index (κ2) is 8.83. The number of carbonyl (C=O) groups is 1. The molecular weight excluding hydrogens is 342 g/mol. The quantitative estimate of drug-likeness (QED) is 0.745. The lowest BCUT2D eigenvalue weighted by Gasteiger charge is -2.37. The topological polar surface area (TPSA) is 54.9 Å². The highest BCUT2D eigenvalue weighted by atomic mass is 35.5. The largest absolute Gasteiger partial charge is 0.462 e. The highest BCUT2D eigenvalue weighted by molar-refractivity contribution is 6.33. The number of aromatic nitrogens is 1. The maximum absolute atomic E-state index is 12.1. The number of rotatable bonds is 5. The summed E-state index contributed by atoms with van der Waals surface area (Å²) in [6, 6.07) is 1.76. The number of carbonyl (C=O) groups excluding carboxylic acids is 1. The second-order valence-corrected chi connectivity index (χ2v) is 7.02. The lowest BCUT2D eigenvalue weighted by molar-refractivity contribution is 0.0296. The van der Waals surface area contributed by atoms with E-state index < -0.39 is 5.97 Å². The maximum Gasteiger partial charge on any atom is 0.339 e. The van der Waals surface area contributed by atoms with E-state index in [-0.39, 0.29) is 0 Å². The minimum atomic E-state index is -0.391. The number of esters is 1. The molecule has 2 aliphatic rings. The van der Waals surface area contributed by atoms with Crippen molar-refractivity contribution in [2.24, 2.45) is 5.92 Å². The summed E-state index contributed by atoms with van der Waals surface area (Å²) < 4.78 is 10.5. The molecular formula is C18H26ClN3O3. The molecule has 1 aromatic heterocycles. The average Bonchev–Trinajstić information content (AvgIpc) is 2.63. The predicted octanol–water partition coefficient (Wildman–Crippen LogP) is 2.46. The Labute approximate surface area is 154 Å². The number of ether oxygens (including phenoxy) is 2. The van der Waals surface area contributed by atoms with E-state index in [4.69, 9.17) is 21.1 Å². The summed E-state index contributed by atoms with van der Waals surface area (Å²) in [4.78, 5) is 21.2. The van der Waals surface area contributed by atoms with Gasteiger partial charge in [-0.05, 0) is 31.7 Å². The van der Waals surface area contributed by atoms with Gasteiger partial charge in [-0.1, -0.05) is 11.6 Å². The monoisotopic (exact) mass is 367 g/mol. The number of nitrogens with zero attached hydrogens (tertiary/aromatic N) is 3. The molecule has 6 nitrogen and oxygen atoms in total. The second-order valence-electron chi connectivity index (χ2n) is 6.61. The molecule has 2 saturated heterocycles. The molecule has 0 saturated carbocycles. The van der Waals surface area contributed by atoms with Gasteiger partial charge >= 0.3 is 5.97 Å². The summed E-state index contributed by atoms with van der Waals surface area (Å²) in [5.41, 5.74) is 0.392. The normalized spacial score (nSPS) is 22.0. The molecule has 7 heteroatoms. The Morgan fingerprint density at radius 2 is 2.20 bits per heavy atom. The standard InChI is InChI=1S/C18H26ClN3O3/c1-2-25-18(23)15-10-17(20-11-16(15)19)22-5-3-4-14(13-22)12-21-6-8-24-9-7-21/h10-11,14H,2-9,12-13H2,1H3. The van der Waals surface area contributed by atoms with Gasteiger partial charge in [0.25, 0.3) is 0 Å². The van der Waals surface area contributed by atoms with Crippen LogP contribution in [0.5, 0.6) is 0 Å². The van der Waals surface area contributed by atoms with Crippen LogP contribution in [0.15, 0.2) is 12.3 Å². The minimum Gasteiger partial charge on any atom is -0.462 e. The van der Waals surface area contributed by atoms with Crippen LogP contribution in [0.3, 0.4) is 0 Å². The zero-order valence-corrected chi connectivity index (χ0v) is 15.5. The number of piperidine rings is 1. The van der Waals surface area contributed by atoms with Crippen molar-refractivity contribution in [2.75, 3.05) is 57.4 Å². The van der Waals surface area contributed by atoms with E-state index in [1.807, 2.05) is 0 Å². The molecule has 138 valence electrons. The van der Waals surface area contributed by atoms with Crippen LogP contribution in [-0.4, -0.2) is 68.4 Å². The van der Waals surface area contributed by atoms with Gasteiger partial charge in [0.2, 0.25) is 0 Å². The number of anilines is 1. The Balaban J connectivity index is 1.66. The van der Waals surface area contributed by atoms with Crippen LogP contribution in [-0.2, 0) is 9.47 Å². The highest BCUT2D eigenvalue weighted by Gasteiger charge is 2.25. The van der Waals surface area contributed by atoms with Crippen LogP contribution in [0.1, 0.15) is 30.1 Å². The molecule has 0 aromatic carbocycles. The summed E-state index contributed by atoms with van der Waals surface area (Å²) in [6.07, 6.45) is 3.91. The third kappa shape index (κ3) is 4.84. The van der Waals surface area contributed by atoms with Gasteiger partial charge in [-0.25, -0.2) is 9.78 Å². The summed E-state index contributed by atoms with van der Waals surface area (Å²) in [5, 5.41) is 0.337. The molecule has 1 aromatic rings. The zero-order chi connectivity index (χ0) is 17.6. The Bertz CT molecular complexity index is 593. The van der Waals surface area contributed by atoms with E-state index in [1.54, 1.807) is 19.2 Å². The smallest absolute Gasteiger partial charge is 0.339 e. The van der Waals surface area contributed by atoms with E-state index >= 15 is 0 Å². The molecule has 0 aliphatic carbocycles. The molecule has 25 heavy (non-hydrogen) atoms. The van der Waals surface area contributed by atoms with Gasteiger partial charge in [0.05, 0.1) is 30.4 Å². The average molecular weight is 368 g/mol. The van der Waals surface area contributed by atoms with E-state index in [0.29, 0.717) is 23.1 Å². The van der Waals surface area contributed by atoms with Crippen molar-refractivity contribution in [1.29, 1.82) is 0 Å². The van der Waals surface area contributed by atoms with Gasteiger partial charge in [0.1, 0.15) is 5.82 Å². The number of morpholine rings is 1. The van der Waals surface area contributed by atoms with Crippen LogP contribution >= 0.6 is 11.6 Å². The third-order valence-corrected chi connectivity index (χ3v) is 5.10. The molecule has 2 aliphatic heterocycles. The SMILES string of the molecule is CCOC(=O)c1cc(N2CCCC(CN3CCOCC3)C2)ncc1Cl. The fraction of sp³-hybridized carbons (Fsp3) is 0.667. The molecule has 0 amide bonds. The predicted molar refractivity (Wildman–Crippen MR) is 97.4 cm³/mol. The minimum absolute atomic E-state index is 0.332. The molecule has 0 radical (unpaired) electrons. The van der Waals surface area contributed by atoms with Crippen LogP contribution in [0.25, 0.3) is 0 Å². The Morgan fingerprint density at radius 3 is 2.96 bits per heavy atom. The summed E-state index contributed by atoms with van der Waals surface area (Å²) >= 11 is 6.12. The van der Waals surface area contributed by atoms with Gasteiger partial charge in [0.15, 0.2) is 0 Å². The van der Waals surface area contributed by atoms with Gasteiger partial charge in [-0.2, -0.15) is 0 Å². The first-order valence-corrected chi connectivity index (χ1v) is 9.43. The Hall–Kier alpha value is -1.37. The zero-order valence-electron chi connectivity index (χ0n) is 14.7. The first-order valence-electron chi connectivity index (χ1n) is 9.05. The molecule has 0 spiro atoms. The maximum atomic E-state index is 12.1. The molecule has 3 rings (SSSR count). The summed E-state index contributed by atoms with van der Waals surface area (Å²) in [5.74, 6) is 1.02. The molecule has 3 heterocycles. The number of hydrogen-bond acceptors (Lipinski definition) is 6. The summed E-state index contributed by atoms with van der Waals surface area (Å²) in [6.45, 7) is 8.82. The first kappa shape index (κ1) is 18.4. The lowest BCUT2D eigenvalue weighted by atomic mass is 9.97. The lowest BCUT2D eigenvalue weighted by Crippen LogP contribution is -2.44. The van der Waals surface area contributed by atoms with Gasteiger partial charge in [-0.3, -0.25) is 4.90 Å². The van der Waals surface area contributed by atoms with Crippen molar-refractivity contribution in [2.45, 2.75) is 19.8 Å². The van der Waals surface area contributed by atoms with E-state index in [0.717, 1.165) is 58.2 Å². The fourth-order valence-electron chi connectivity index (χ4n) is 3.54. The van der Waals surface area contributed by atoms with E-state index in [2.05, 4.69) is 14.8 Å². The van der Waals surface area contributed by atoms with Crippen molar-refractivity contribution in [3.05, 3.63) is 22.8 Å². The van der Waals surface area contributed by atoms with Gasteiger partial charge in [0, 0.05) is 38.9 Å². The van der Waals surface area contributed by atoms with Crippen molar-refractivity contribution in [1.82, 2.24) is 9.88 Å². The molecule has 0 N–H and O–H groups in total.